The zero-order chi connectivity index (χ0) is 18.1. The fraction of sp³-hybridized carbons (Fsp3) is 0.400. The van der Waals surface area contributed by atoms with Crippen molar-refractivity contribution in [3.05, 3.63) is 35.0 Å². The predicted molar refractivity (Wildman–Crippen MR) is 84.0 cm³/mol. The fourth-order valence-electron chi connectivity index (χ4n) is 2.63. The Bertz CT molecular complexity index is 817. The molecule has 2 aromatic heterocycles. The summed E-state index contributed by atoms with van der Waals surface area (Å²) >= 11 is 0. The van der Waals surface area contributed by atoms with Gasteiger partial charge in [-0.3, -0.25) is 9.59 Å². The number of rotatable bonds is 4. The standard InChI is InChI=1S/C15H17FN6O3/c1-7-3-11(18-6-10(7)16)15(24)22(2)9-4-8(5-9)19-14(23)12-13(17)21-25-20-12/h3,6,8-9H,4-5H2,1-2H3,(H2,17,21)(H,19,23). The van der Waals surface area contributed by atoms with Crippen molar-refractivity contribution in [1.82, 2.24) is 25.5 Å². The Morgan fingerprint density at radius 1 is 1.40 bits per heavy atom. The number of aromatic nitrogens is 3. The van der Waals surface area contributed by atoms with E-state index < -0.39 is 11.7 Å². The van der Waals surface area contributed by atoms with Crippen LogP contribution in [0.1, 0.15) is 39.4 Å². The van der Waals surface area contributed by atoms with Gasteiger partial charge < -0.3 is 16.0 Å². The lowest BCUT2D eigenvalue weighted by molar-refractivity contribution is 0.0578. The largest absolute Gasteiger partial charge is 0.379 e. The average Bonchev–Trinajstić information content (AvgIpc) is 2.97. The molecule has 0 radical (unpaired) electrons. The maximum absolute atomic E-state index is 13.3. The molecular weight excluding hydrogens is 331 g/mol. The van der Waals surface area contributed by atoms with E-state index in [2.05, 4.69) is 25.2 Å². The minimum absolute atomic E-state index is 0.0438. The topological polar surface area (TPSA) is 127 Å². The molecule has 1 aliphatic carbocycles. The summed E-state index contributed by atoms with van der Waals surface area (Å²) in [5, 5.41) is 9.54. The van der Waals surface area contributed by atoms with Crippen LogP contribution in [0.2, 0.25) is 0 Å². The van der Waals surface area contributed by atoms with Gasteiger partial charge in [-0.2, -0.15) is 0 Å². The molecule has 0 saturated heterocycles. The number of halogens is 1. The van der Waals surface area contributed by atoms with Crippen LogP contribution < -0.4 is 11.1 Å². The van der Waals surface area contributed by atoms with E-state index >= 15 is 0 Å². The molecule has 2 heterocycles. The molecule has 2 amide bonds. The fourth-order valence-corrected chi connectivity index (χ4v) is 2.63. The van der Waals surface area contributed by atoms with E-state index in [1.54, 1.807) is 18.9 Å². The Morgan fingerprint density at radius 2 is 2.12 bits per heavy atom. The number of nitrogens with one attached hydrogen (secondary N) is 1. The Kier molecular flexibility index (Phi) is 4.34. The molecule has 1 fully saturated rings. The van der Waals surface area contributed by atoms with Crippen molar-refractivity contribution in [2.24, 2.45) is 0 Å². The van der Waals surface area contributed by atoms with E-state index in [9.17, 15) is 14.0 Å². The van der Waals surface area contributed by atoms with Gasteiger partial charge in [0.2, 0.25) is 11.5 Å². The van der Waals surface area contributed by atoms with Crippen molar-refractivity contribution in [2.45, 2.75) is 31.8 Å². The Labute approximate surface area is 142 Å². The Hall–Kier alpha value is -3.04. The minimum Gasteiger partial charge on any atom is -0.379 e. The molecule has 3 rings (SSSR count). The van der Waals surface area contributed by atoms with Crippen LogP contribution in [0.4, 0.5) is 10.2 Å². The number of carbonyl (C=O) groups is 2. The number of nitrogens with two attached hydrogens (primary N) is 1. The minimum atomic E-state index is -0.466. The Morgan fingerprint density at radius 3 is 2.72 bits per heavy atom. The number of pyridine rings is 1. The summed E-state index contributed by atoms with van der Waals surface area (Å²) in [6.45, 7) is 1.58. The van der Waals surface area contributed by atoms with Crippen molar-refractivity contribution in [3.8, 4) is 0 Å². The summed E-state index contributed by atoms with van der Waals surface area (Å²) in [6, 6.07) is 1.27. The van der Waals surface area contributed by atoms with Crippen LogP contribution in [0.25, 0.3) is 0 Å². The summed E-state index contributed by atoms with van der Waals surface area (Å²) < 4.78 is 17.6. The third-order valence-corrected chi connectivity index (χ3v) is 4.31. The molecule has 0 atom stereocenters. The van der Waals surface area contributed by atoms with Gasteiger partial charge in [0.05, 0.1) is 6.20 Å². The van der Waals surface area contributed by atoms with E-state index in [0.717, 1.165) is 6.20 Å². The van der Waals surface area contributed by atoms with Crippen molar-refractivity contribution >= 4 is 17.6 Å². The molecule has 0 bridgehead atoms. The number of aryl methyl sites for hydroxylation is 1. The maximum atomic E-state index is 13.3. The maximum Gasteiger partial charge on any atom is 0.277 e. The summed E-state index contributed by atoms with van der Waals surface area (Å²) in [5.41, 5.74) is 5.96. The SMILES string of the molecule is Cc1cc(C(=O)N(C)C2CC(NC(=O)c3nonc3N)C2)ncc1F. The summed E-state index contributed by atoms with van der Waals surface area (Å²) in [5.74, 6) is -1.28. The third-order valence-electron chi connectivity index (χ3n) is 4.31. The highest BCUT2D eigenvalue weighted by molar-refractivity contribution is 5.96. The lowest BCUT2D eigenvalue weighted by Crippen LogP contribution is -2.54. The second kappa shape index (κ2) is 6.46. The van der Waals surface area contributed by atoms with Gasteiger partial charge in [0.1, 0.15) is 11.5 Å². The van der Waals surface area contributed by atoms with Crippen LogP contribution in [0.5, 0.6) is 0 Å². The quantitative estimate of drug-likeness (QED) is 0.825. The second-order valence-electron chi connectivity index (χ2n) is 6.03. The molecule has 1 aliphatic rings. The first kappa shape index (κ1) is 16.8. The number of anilines is 1. The van der Waals surface area contributed by atoms with E-state index in [1.165, 1.54) is 6.07 Å². The second-order valence-corrected chi connectivity index (χ2v) is 6.03. The van der Waals surface area contributed by atoms with Gasteiger partial charge in [-0.05, 0) is 41.7 Å². The van der Waals surface area contributed by atoms with Gasteiger partial charge >= 0.3 is 0 Å². The first-order chi connectivity index (χ1) is 11.9. The molecule has 10 heteroatoms. The van der Waals surface area contributed by atoms with Crippen LogP contribution in [0.3, 0.4) is 0 Å². The number of nitrogen functional groups attached to an aromatic ring is 1. The van der Waals surface area contributed by atoms with Crippen molar-refractivity contribution in [3.63, 3.8) is 0 Å². The zero-order valence-electron chi connectivity index (χ0n) is 13.7. The highest BCUT2D eigenvalue weighted by Gasteiger charge is 2.36. The average molecular weight is 348 g/mol. The normalized spacial score (nSPS) is 19.2. The van der Waals surface area contributed by atoms with Crippen molar-refractivity contribution < 1.29 is 18.6 Å². The molecular formula is C15H17FN6O3. The third kappa shape index (κ3) is 3.28. The van der Waals surface area contributed by atoms with E-state index in [1.807, 2.05) is 0 Å². The number of nitrogens with zero attached hydrogens (tertiary/aromatic N) is 4. The molecule has 0 unspecified atom stereocenters. The predicted octanol–water partition coefficient (Wildman–Crippen LogP) is 0.527. The van der Waals surface area contributed by atoms with Gasteiger partial charge in [0, 0.05) is 19.1 Å². The van der Waals surface area contributed by atoms with Crippen LogP contribution in [-0.2, 0) is 0 Å². The highest BCUT2D eigenvalue weighted by atomic mass is 19.1. The number of hydrogen-bond acceptors (Lipinski definition) is 7. The molecule has 1 saturated carbocycles. The van der Waals surface area contributed by atoms with Crippen LogP contribution in [0.15, 0.2) is 16.9 Å². The molecule has 0 spiro atoms. The molecule has 2 aromatic rings. The lowest BCUT2D eigenvalue weighted by atomic mass is 9.85. The number of amides is 2. The monoisotopic (exact) mass is 348 g/mol. The molecule has 3 N–H and O–H groups in total. The van der Waals surface area contributed by atoms with Gasteiger partial charge in [0.25, 0.3) is 11.8 Å². The highest BCUT2D eigenvalue weighted by Crippen LogP contribution is 2.26. The van der Waals surface area contributed by atoms with Crippen molar-refractivity contribution in [1.29, 1.82) is 0 Å². The molecule has 0 aromatic carbocycles. The van der Waals surface area contributed by atoms with E-state index in [-0.39, 0.29) is 35.2 Å². The van der Waals surface area contributed by atoms with E-state index in [0.29, 0.717) is 18.4 Å². The van der Waals surface area contributed by atoms with Crippen LogP contribution in [-0.4, -0.2) is 51.1 Å². The molecule has 0 aliphatic heterocycles. The van der Waals surface area contributed by atoms with Gasteiger partial charge in [0.15, 0.2) is 0 Å². The first-order valence-electron chi connectivity index (χ1n) is 7.65. The number of hydrogen-bond donors (Lipinski definition) is 2. The smallest absolute Gasteiger partial charge is 0.277 e. The molecule has 9 nitrogen and oxygen atoms in total. The summed E-state index contributed by atoms with van der Waals surface area (Å²) in [6.07, 6.45) is 2.20. The Balaban J connectivity index is 1.55. The zero-order valence-corrected chi connectivity index (χ0v) is 13.7. The number of carbonyl (C=O) groups excluding carboxylic acids is 2. The first-order valence-corrected chi connectivity index (χ1v) is 7.65. The van der Waals surface area contributed by atoms with E-state index in [4.69, 9.17) is 5.73 Å². The molecule has 132 valence electrons. The van der Waals surface area contributed by atoms with Gasteiger partial charge in [-0.25, -0.2) is 14.0 Å². The van der Waals surface area contributed by atoms with Crippen LogP contribution in [0, 0.1) is 12.7 Å². The van der Waals surface area contributed by atoms with Crippen LogP contribution >= 0.6 is 0 Å². The summed E-state index contributed by atoms with van der Waals surface area (Å²) in [7, 11) is 1.66. The lowest BCUT2D eigenvalue weighted by Gasteiger charge is -2.41. The summed E-state index contributed by atoms with van der Waals surface area (Å²) in [4.78, 5) is 29.7. The van der Waals surface area contributed by atoms with Gasteiger partial charge in [-0.1, -0.05) is 0 Å². The van der Waals surface area contributed by atoms with Crippen molar-refractivity contribution in [2.75, 3.05) is 12.8 Å². The molecule has 25 heavy (non-hydrogen) atoms. The van der Waals surface area contributed by atoms with Gasteiger partial charge in [-0.15, -0.1) is 0 Å².